The van der Waals surface area contributed by atoms with Crippen LogP contribution in [-0.4, -0.2) is 0 Å². The molecule has 0 amide bonds. The van der Waals surface area contributed by atoms with Gasteiger partial charge in [-0.05, 0) is 32.1 Å². The van der Waals surface area contributed by atoms with Crippen LogP contribution in [0.1, 0.15) is 51.9 Å². The highest BCUT2D eigenvalue weighted by molar-refractivity contribution is 4.96. The largest absolute Gasteiger partial charge is 0.0991 e. The van der Waals surface area contributed by atoms with Crippen LogP contribution in [0.25, 0.3) is 0 Å². The number of hydrogen-bond acceptors (Lipinski definition) is 0. The first-order chi connectivity index (χ1) is 6.91. The minimum Gasteiger partial charge on any atom is -0.0991 e. The fourth-order valence-electron chi connectivity index (χ4n) is 1.35. The highest BCUT2D eigenvalue weighted by Gasteiger charge is 1.86. The standard InChI is InChI=1S/C14H24/c1-3-5-7-9-11-13-14-12-10-8-6-4-2/h3,5-8H,1,4,9-14H2,2H3/b7-5-,8-6?. The monoisotopic (exact) mass is 192 g/mol. The van der Waals surface area contributed by atoms with Crippen molar-refractivity contribution in [2.75, 3.05) is 0 Å². The Kier molecular flexibility index (Phi) is 11.5. The van der Waals surface area contributed by atoms with Crippen LogP contribution in [0.2, 0.25) is 0 Å². The Hall–Kier alpha value is -0.780. The molecule has 0 bridgehead atoms. The molecule has 0 spiro atoms. The summed E-state index contributed by atoms with van der Waals surface area (Å²) in [6.07, 6.45) is 19.7. The zero-order valence-electron chi connectivity index (χ0n) is 9.54. The van der Waals surface area contributed by atoms with Crippen LogP contribution in [0, 0.1) is 0 Å². The fraction of sp³-hybridized carbons (Fsp3) is 0.571. The molecule has 0 rings (SSSR count). The molecule has 0 aromatic heterocycles. The van der Waals surface area contributed by atoms with Gasteiger partial charge in [-0.15, -0.1) is 0 Å². The van der Waals surface area contributed by atoms with Crippen molar-refractivity contribution in [2.45, 2.75) is 51.9 Å². The number of allylic oxidation sites excluding steroid dienone is 5. The predicted octanol–water partition coefficient (Wildman–Crippen LogP) is 5.04. The molecule has 0 radical (unpaired) electrons. The summed E-state index contributed by atoms with van der Waals surface area (Å²) in [5, 5.41) is 0. The minimum atomic E-state index is 1.17. The predicted molar refractivity (Wildman–Crippen MR) is 66.5 cm³/mol. The fourth-order valence-corrected chi connectivity index (χ4v) is 1.35. The van der Waals surface area contributed by atoms with Gasteiger partial charge in [0.2, 0.25) is 0 Å². The van der Waals surface area contributed by atoms with Gasteiger partial charge in [-0.2, -0.15) is 0 Å². The molecule has 0 heteroatoms. The second-order valence-electron chi connectivity index (χ2n) is 3.54. The maximum Gasteiger partial charge on any atom is -0.0348 e. The normalized spacial score (nSPS) is 11.5. The van der Waals surface area contributed by atoms with Crippen LogP contribution in [-0.2, 0) is 0 Å². The molecule has 0 aliphatic carbocycles. The van der Waals surface area contributed by atoms with E-state index in [1.807, 2.05) is 12.2 Å². The van der Waals surface area contributed by atoms with Crippen molar-refractivity contribution in [1.29, 1.82) is 0 Å². The highest BCUT2D eigenvalue weighted by atomic mass is 13.9. The molecule has 80 valence electrons. The molecule has 0 saturated heterocycles. The summed E-state index contributed by atoms with van der Waals surface area (Å²) < 4.78 is 0. The second-order valence-corrected chi connectivity index (χ2v) is 3.54. The molecule has 0 heterocycles. The molecule has 0 aliphatic rings. The average molecular weight is 192 g/mol. The Morgan fingerprint density at radius 3 is 2.07 bits per heavy atom. The van der Waals surface area contributed by atoms with Gasteiger partial charge >= 0.3 is 0 Å². The Morgan fingerprint density at radius 2 is 1.50 bits per heavy atom. The Morgan fingerprint density at radius 1 is 0.857 bits per heavy atom. The third-order valence-corrected chi connectivity index (χ3v) is 2.17. The lowest BCUT2D eigenvalue weighted by atomic mass is 10.1. The topological polar surface area (TPSA) is 0 Å². The molecule has 14 heavy (non-hydrogen) atoms. The third kappa shape index (κ3) is 11.2. The van der Waals surface area contributed by atoms with E-state index in [9.17, 15) is 0 Å². The van der Waals surface area contributed by atoms with Crippen molar-refractivity contribution in [1.82, 2.24) is 0 Å². The maximum atomic E-state index is 3.64. The van der Waals surface area contributed by atoms with Crippen molar-refractivity contribution in [2.24, 2.45) is 0 Å². The van der Waals surface area contributed by atoms with Crippen LogP contribution < -0.4 is 0 Å². The second kappa shape index (κ2) is 12.2. The van der Waals surface area contributed by atoms with E-state index < -0.39 is 0 Å². The van der Waals surface area contributed by atoms with E-state index in [0.29, 0.717) is 0 Å². The number of unbranched alkanes of at least 4 members (excludes halogenated alkanes) is 5. The molecule has 0 nitrogen and oxygen atoms in total. The van der Waals surface area contributed by atoms with E-state index in [1.54, 1.807) is 0 Å². The smallest absolute Gasteiger partial charge is 0.0348 e. The SMILES string of the molecule is C=C/C=C\CCCCCCC=CCC. The average Bonchev–Trinajstić information content (AvgIpc) is 2.21. The van der Waals surface area contributed by atoms with Crippen molar-refractivity contribution >= 4 is 0 Å². The minimum absolute atomic E-state index is 1.17. The molecular weight excluding hydrogens is 168 g/mol. The quantitative estimate of drug-likeness (QED) is 0.273. The first kappa shape index (κ1) is 13.2. The van der Waals surface area contributed by atoms with E-state index in [1.165, 1.54) is 44.9 Å². The number of rotatable bonds is 9. The van der Waals surface area contributed by atoms with Crippen molar-refractivity contribution in [3.63, 3.8) is 0 Å². The summed E-state index contributed by atoms with van der Waals surface area (Å²) in [6, 6.07) is 0. The van der Waals surface area contributed by atoms with Crippen LogP contribution in [0.3, 0.4) is 0 Å². The lowest BCUT2D eigenvalue weighted by molar-refractivity contribution is 0.652. The Balaban J connectivity index is 3.02. The summed E-state index contributed by atoms with van der Waals surface area (Å²) in [5.41, 5.74) is 0. The van der Waals surface area contributed by atoms with Crippen LogP contribution in [0.4, 0.5) is 0 Å². The molecule has 0 aliphatic heterocycles. The van der Waals surface area contributed by atoms with E-state index >= 15 is 0 Å². The van der Waals surface area contributed by atoms with Gasteiger partial charge in [0.15, 0.2) is 0 Å². The van der Waals surface area contributed by atoms with E-state index in [4.69, 9.17) is 0 Å². The van der Waals surface area contributed by atoms with Crippen LogP contribution in [0.15, 0.2) is 37.0 Å². The summed E-state index contributed by atoms with van der Waals surface area (Å²) in [7, 11) is 0. The lowest BCUT2D eigenvalue weighted by Gasteiger charge is -1.96. The lowest BCUT2D eigenvalue weighted by Crippen LogP contribution is -1.76. The van der Waals surface area contributed by atoms with Crippen LogP contribution in [0.5, 0.6) is 0 Å². The van der Waals surface area contributed by atoms with Crippen molar-refractivity contribution in [3.05, 3.63) is 37.0 Å². The van der Waals surface area contributed by atoms with E-state index in [2.05, 4.69) is 31.7 Å². The zero-order chi connectivity index (χ0) is 10.5. The van der Waals surface area contributed by atoms with Crippen molar-refractivity contribution < 1.29 is 0 Å². The summed E-state index contributed by atoms with van der Waals surface area (Å²) >= 11 is 0. The molecule has 0 fully saturated rings. The summed E-state index contributed by atoms with van der Waals surface area (Å²) in [4.78, 5) is 0. The third-order valence-electron chi connectivity index (χ3n) is 2.17. The molecule has 0 N–H and O–H groups in total. The van der Waals surface area contributed by atoms with Gasteiger partial charge in [-0.25, -0.2) is 0 Å². The maximum absolute atomic E-state index is 3.64. The van der Waals surface area contributed by atoms with Gasteiger partial charge in [-0.1, -0.05) is 56.7 Å². The first-order valence-electron chi connectivity index (χ1n) is 5.84. The highest BCUT2D eigenvalue weighted by Crippen LogP contribution is 2.06. The molecule has 0 saturated carbocycles. The Bertz CT molecular complexity index is 163. The van der Waals surface area contributed by atoms with Crippen LogP contribution >= 0.6 is 0 Å². The number of hydrogen-bond donors (Lipinski definition) is 0. The van der Waals surface area contributed by atoms with Gasteiger partial charge in [-0.3, -0.25) is 0 Å². The molecule has 0 aromatic rings. The van der Waals surface area contributed by atoms with Gasteiger partial charge in [0.1, 0.15) is 0 Å². The molecule has 0 atom stereocenters. The van der Waals surface area contributed by atoms with E-state index in [-0.39, 0.29) is 0 Å². The first-order valence-corrected chi connectivity index (χ1v) is 5.84. The van der Waals surface area contributed by atoms with Crippen molar-refractivity contribution in [3.8, 4) is 0 Å². The summed E-state index contributed by atoms with van der Waals surface area (Å²) in [5.74, 6) is 0. The molecule has 0 unspecified atom stereocenters. The van der Waals surface area contributed by atoms with Gasteiger partial charge < -0.3 is 0 Å². The van der Waals surface area contributed by atoms with Gasteiger partial charge in [0.05, 0.1) is 0 Å². The van der Waals surface area contributed by atoms with Gasteiger partial charge in [0, 0.05) is 0 Å². The summed E-state index contributed by atoms with van der Waals surface area (Å²) in [6.45, 7) is 5.83. The zero-order valence-corrected chi connectivity index (χ0v) is 9.54. The molecular formula is C14H24. The van der Waals surface area contributed by atoms with Gasteiger partial charge in [0.25, 0.3) is 0 Å². The molecule has 0 aromatic carbocycles. The van der Waals surface area contributed by atoms with E-state index in [0.717, 1.165) is 0 Å². The Labute approximate surface area is 89.4 Å².